The molecule has 1 aliphatic heterocycles. The number of hydrogen-bond acceptors (Lipinski definition) is 5. The molecule has 0 aromatic heterocycles. The zero-order chi connectivity index (χ0) is 24.1. The Kier molecular flexibility index (Phi) is 7.87. The number of aliphatic hydroxyl groups excluding tert-OH is 1. The summed E-state index contributed by atoms with van der Waals surface area (Å²) >= 11 is 0. The van der Waals surface area contributed by atoms with Crippen molar-refractivity contribution in [3.8, 4) is 5.75 Å². The molecule has 3 rings (SSSR count). The lowest BCUT2D eigenvalue weighted by Crippen LogP contribution is -2.31. The number of benzene rings is 2. The van der Waals surface area contributed by atoms with Gasteiger partial charge in [0.2, 0.25) is 0 Å². The highest BCUT2D eigenvalue weighted by molar-refractivity contribution is 6.46. The number of ether oxygens (including phenoxy) is 2. The van der Waals surface area contributed by atoms with Crippen LogP contribution in [0.5, 0.6) is 5.75 Å². The van der Waals surface area contributed by atoms with Crippen LogP contribution in [0.1, 0.15) is 49.9 Å². The van der Waals surface area contributed by atoms with Crippen LogP contribution >= 0.6 is 0 Å². The number of carbonyl (C=O) groups excluding carboxylic acids is 2. The Morgan fingerprint density at radius 3 is 2.55 bits per heavy atom. The molecule has 0 radical (unpaired) electrons. The standard InChI is InChI=1S/C26H30FNO5/c1-5-32-21-12-11-18(15-17(21)4)24(29)22-23(19-9-6-7-10-20(19)27)28(26(31)25(22)30)13-8-14-33-16(2)3/h6-7,9-12,15-16,23,29H,5,8,13-14H2,1-4H3/b24-22+. The molecule has 1 atom stereocenters. The van der Waals surface area contributed by atoms with Crippen molar-refractivity contribution < 1.29 is 28.6 Å². The number of ketones is 1. The highest BCUT2D eigenvalue weighted by Crippen LogP contribution is 2.40. The van der Waals surface area contributed by atoms with E-state index in [-0.39, 0.29) is 29.5 Å². The lowest BCUT2D eigenvalue weighted by atomic mass is 9.94. The highest BCUT2D eigenvalue weighted by Gasteiger charge is 2.46. The van der Waals surface area contributed by atoms with E-state index in [2.05, 4.69) is 0 Å². The molecule has 176 valence electrons. The summed E-state index contributed by atoms with van der Waals surface area (Å²) in [5.74, 6) is -1.84. The summed E-state index contributed by atoms with van der Waals surface area (Å²) in [5, 5.41) is 11.1. The number of hydrogen-bond donors (Lipinski definition) is 1. The van der Waals surface area contributed by atoms with E-state index < -0.39 is 23.5 Å². The van der Waals surface area contributed by atoms with Crippen LogP contribution < -0.4 is 4.74 Å². The Hall–Kier alpha value is -3.19. The molecule has 1 heterocycles. The molecule has 1 fully saturated rings. The first-order valence-corrected chi connectivity index (χ1v) is 11.1. The molecule has 7 heteroatoms. The van der Waals surface area contributed by atoms with E-state index in [1.807, 2.05) is 27.7 Å². The van der Waals surface area contributed by atoms with Gasteiger partial charge in [0.05, 0.1) is 24.3 Å². The van der Waals surface area contributed by atoms with Gasteiger partial charge in [0.1, 0.15) is 17.3 Å². The van der Waals surface area contributed by atoms with Crippen molar-refractivity contribution in [2.75, 3.05) is 19.8 Å². The molecule has 0 saturated carbocycles. The van der Waals surface area contributed by atoms with Gasteiger partial charge in [0, 0.05) is 24.3 Å². The average molecular weight is 456 g/mol. The number of Topliss-reactive ketones (excluding diaryl/α,β-unsaturated/α-hetero) is 1. The lowest BCUT2D eigenvalue weighted by molar-refractivity contribution is -0.140. The van der Waals surface area contributed by atoms with Crippen LogP contribution in [0.4, 0.5) is 4.39 Å². The van der Waals surface area contributed by atoms with Gasteiger partial charge in [0.25, 0.3) is 11.7 Å². The molecule has 33 heavy (non-hydrogen) atoms. The molecular formula is C26H30FNO5. The van der Waals surface area contributed by atoms with Crippen LogP contribution in [-0.2, 0) is 14.3 Å². The van der Waals surface area contributed by atoms with E-state index in [9.17, 15) is 19.1 Å². The summed E-state index contributed by atoms with van der Waals surface area (Å²) in [4.78, 5) is 27.3. The normalized spacial score (nSPS) is 17.8. The average Bonchev–Trinajstić information content (AvgIpc) is 3.02. The van der Waals surface area contributed by atoms with Gasteiger partial charge in [0.15, 0.2) is 0 Å². The molecule has 0 aliphatic carbocycles. The Morgan fingerprint density at radius 2 is 1.91 bits per heavy atom. The summed E-state index contributed by atoms with van der Waals surface area (Å²) in [6.45, 7) is 8.58. The number of halogens is 1. The smallest absolute Gasteiger partial charge is 0.295 e. The van der Waals surface area contributed by atoms with Gasteiger partial charge < -0.3 is 19.5 Å². The van der Waals surface area contributed by atoms with Crippen molar-refractivity contribution in [1.82, 2.24) is 4.90 Å². The first-order valence-electron chi connectivity index (χ1n) is 11.1. The molecule has 0 bridgehead atoms. The number of likely N-dealkylation sites (tertiary alicyclic amines) is 1. The minimum absolute atomic E-state index is 0.0330. The number of aryl methyl sites for hydroxylation is 1. The fourth-order valence-electron chi connectivity index (χ4n) is 3.95. The van der Waals surface area contributed by atoms with Gasteiger partial charge in [-0.3, -0.25) is 9.59 Å². The summed E-state index contributed by atoms with van der Waals surface area (Å²) in [6, 6.07) is 9.96. The Morgan fingerprint density at radius 1 is 1.18 bits per heavy atom. The van der Waals surface area contributed by atoms with Crippen molar-refractivity contribution in [3.63, 3.8) is 0 Å². The van der Waals surface area contributed by atoms with Gasteiger partial charge in [-0.1, -0.05) is 18.2 Å². The SMILES string of the molecule is CCOc1ccc(/C(O)=C2\C(=O)C(=O)N(CCCOC(C)C)C2c2ccccc2F)cc1C. The maximum atomic E-state index is 14.8. The minimum Gasteiger partial charge on any atom is -0.507 e. The first kappa shape index (κ1) is 24.5. The zero-order valence-corrected chi connectivity index (χ0v) is 19.4. The van der Waals surface area contributed by atoms with E-state index >= 15 is 0 Å². The van der Waals surface area contributed by atoms with Crippen LogP contribution in [0, 0.1) is 12.7 Å². The largest absolute Gasteiger partial charge is 0.507 e. The van der Waals surface area contributed by atoms with Gasteiger partial charge in [-0.05, 0) is 63.9 Å². The van der Waals surface area contributed by atoms with Crippen molar-refractivity contribution in [3.05, 3.63) is 70.5 Å². The van der Waals surface area contributed by atoms with Crippen molar-refractivity contribution in [1.29, 1.82) is 0 Å². The lowest BCUT2D eigenvalue weighted by Gasteiger charge is -2.25. The molecule has 1 N–H and O–H groups in total. The van der Waals surface area contributed by atoms with Crippen LogP contribution in [0.3, 0.4) is 0 Å². The quantitative estimate of drug-likeness (QED) is 0.255. The third-order valence-corrected chi connectivity index (χ3v) is 5.48. The summed E-state index contributed by atoms with van der Waals surface area (Å²) < 4.78 is 25.9. The predicted octanol–water partition coefficient (Wildman–Crippen LogP) is 4.77. The van der Waals surface area contributed by atoms with E-state index in [0.29, 0.717) is 30.9 Å². The summed E-state index contributed by atoms with van der Waals surface area (Å²) in [6.07, 6.45) is 0.504. The molecule has 2 aromatic rings. The number of amides is 1. The number of aliphatic hydroxyl groups is 1. The molecule has 6 nitrogen and oxygen atoms in total. The first-order chi connectivity index (χ1) is 15.8. The molecule has 1 amide bonds. The Bertz CT molecular complexity index is 1060. The number of carbonyl (C=O) groups is 2. The molecule has 0 spiro atoms. The fraction of sp³-hybridized carbons (Fsp3) is 0.385. The molecule has 2 aromatic carbocycles. The second-order valence-corrected chi connectivity index (χ2v) is 8.20. The van der Waals surface area contributed by atoms with Crippen molar-refractivity contribution in [2.45, 2.75) is 46.3 Å². The highest BCUT2D eigenvalue weighted by atomic mass is 19.1. The number of nitrogens with zero attached hydrogens (tertiary/aromatic N) is 1. The van der Waals surface area contributed by atoms with Crippen molar-refractivity contribution in [2.24, 2.45) is 0 Å². The summed E-state index contributed by atoms with van der Waals surface area (Å²) in [7, 11) is 0. The van der Waals surface area contributed by atoms with Gasteiger partial charge >= 0.3 is 0 Å². The fourth-order valence-corrected chi connectivity index (χ4v) is 3.95. The second kappa shape index (κ2) is 10.6. The topological polar surface area (TPSA) is 76.1 Å². The third-order valence-electron chi connectivity index (χ3n) is 5.48. The zero-order valence-electron chi connectivity index (χ0n) is 19.4. The third kappa shape index (κ3) is 5.25. The minimum atomic E-state index is -1.03. The van der Waals surface area contributed by atoms with Crippen LogP contribution in [-0.4, -0.2) is 47.6 Å². The van der Waals surface area contributed by atoms with E-state index in [1.54, 1.807) is 24.3 Å². The van der Waals surface area contributed by atoms with Crippen LogP contribution in [0.2, 0.25) is 0 Å². The Labute approximate surface area is 193 Å². The van der Waals surface area contributed by atoms with Gasteiger partial charge in [-0.25, -0.2) is 4.39 Å². The summed E-state index contributed by atoms with van der Waals surface area (Å²) in [5.41, 5.74) is 1.16. The van der Waals surface area contributed by atoms with Crippen LogP contribution in [0.15, 0.2) is 48.0 Å². The van der Waals surface area contributed by atoms with E-state index in [4.69, 9.17) is 9.47 Å². The second-order valence-electron chi connectivity index (χ2n) is 8.20. The van der Waals surface area contributed by atoms with Gasteiger partial charge in [-0.2, -0.15) is 0 Å². The van der Waals surface area contributed by atoms with Crippen molar-refractivity contribution >= 4 is 17.4 Å². The maximum absolute atomic E-state index is 14.8. The monoisotopic (exact) mass is 455 g/mol. The molecule has 1 saturated heterocycles. The predicted molar refractivity (Wildman–Crippen MR) is 123 cm³/mol. The maximum Gasteiger partial charge on any atom is 0.295 e. The van der Waals surface area contributed by atoms with Gasteiger partial charge in [-0.15, -0.1) is 0 Å². The van der Waals surface area contributed by atoms with E-state index in [1.165, 1.54) is 23.1 Å². The molecule has 1 aliphatic rings. The number of rotatable bonds is 9. The Balaban J connectivity index is 2.06. The molecular weight excluding hydrogens is 425 g/mol. The van der Waals surface area contributed by atoms with Crippen LogP contribution in [0.25, 0.3) is 5.76 Å². The van der Waals surface area contributed by atoms with E-state index in [0.717, 1.165) is 5.56 Å². The molecule has 1 unspecified atom stereocenters.